The number of fused-ring (bicyclic) bond motifs is 3. The van der Waals surface area contributed by atoms with Gasteiger partial charge in [-0.1, -0.05) is 81.3 Å². The first-order valence-electron chi connectivity index (χ1n) is 25.3. The van der Waals surface area contributed by atoms with Gasteiger partial charge in [-0.15, -0.1) is 0 Å². The molecular formula is C57H72Cl2Zr. The molecule has 0 spiro atoms. The van der Waals surface area contributed by atoms with E-state index in [0.717, 1.165) is 59.2 Å². The smallest absolute Gasteiger partial charge is 1.00 e. The molecule has 12 fully saturated rings. The zero-order valence-electron chi connectivity index (χ0n) is 37.4. The molecule has 0 aromatic heterocycles. The van der Waals surface area contributed by atoms with Crippen LogP contribution in [0.15, 0.2) is 59.2 Å². The number of halogens is 2. The number of hydrogen-bond donors (Lipinski definition) is 0. The van der Waals surface area contributed by atoms with Crippen LogP contribution in [0.25, 0.3) is 11.1 Å². The Balaban J connectivity index is 0.00000136. The summed E-state index contributed by atoms with van der Waals surface area (Å²) in [5, 5.41) is 0. The van der Waals surface area contributed by atoms with Crippen molar-refractivity contribution in [2.45, 2.75) is 173 Å². The van der Waals surface area contributed by atoms with Crippen LogP contribution in [-0.2, 0) is 37.0 Å². The third-order valence-corrected chi connectivity index (χ3v) is 21.9. The van der Waals surface area contributed by atoms with Gasteiger partial charge in [0.05, 0.1) is 0 Å². The van der Waals surface area contributed by atoms with E-state index in [0.29, 0.717) is 34.0 Å². The van der Waals surface area contributed by atoms with Crippen LogP contribution in [0.5, 0.6) is 0 Å². The third-order valence-electron chi connectivity index (χ3n) is 21.9. The van der Waals surface area contributed by atoms with Crippen molar-refractivity contribution in [1.82, 2.24) is 0 Å². The van der Waals surface area contributed by atoms with E-state index in [1.807, 2.05) is 16.7 Å². The number of allylic oxidation sites excluding steroid dienone is 4. The standard InChI is InChI=1S/C57H72.2ClH.Zr/c1-32(2)51-31-57(33(3)4,52-21-45(20-50(51)52)56-28-40-15-41(29-56)17-42(16-40)30-56)53-46-7-5-43(54-22-34-9-35(23-54)11-36(10-34)24-54)18-48(46)49-19-44(6-8-47(49)53)55-25-37-12-38(26-55)14-39(13-37)27-55;;;/h5-8,18-19,21,32-42,51,53H,9-17,20,22-31H2,1-4H3;2*1H;/q;;;+2/p-2. The molecule has 2 unspecified atom stereocenters. The summed E-state index contributed by atoms with van der Waals surface area (Å²) in [7, 11) is 0. The molecule has 2 aromatic carbocycles. The van der Waals surface area contributed by atoms with Crippen LogP contribution < -0.4 is 24.8 Å². The topological polar surface area (TPSA) is 0 Å². The molecule has 12 saturated carbocycles. The van der Waals surface area contributed by atoms with Crippen molar-refractivity contribution in [3.8, 4) is 11.1 Å². The second kappa shape index (κ2) is 14.2. The average molecular weight is 919 g/mol. The maximum absolute atomic E-state index is 2.98. The number of rotatable bonds is 6. The summed E-state index contributed by atoms with van der Waals surface area (Å²) in [4.78, 5) is 0. The molecule has 0 N–H and O–H groups in total. The molecule has 0 saturated heterocycles. The fraction of sp³-hybridized carbons (Fsp3) is 0.719. The Hall–Kier alpha value is -0.617. The van der Waals surface area contributed by atoms with Crippen molar-refractivity contribution in [2.24, 2.45) is 81.8 Å². The third kappa shape index (κ3) is 5.67. The van der Waals surface area contributed by atoms with E-state index in [1.165, 1.54) is 109 Å². The minimum absolute atomic E-state index is 0. The molecule has 2 aromatic rings. The minimum atomic E-state index is 0. The van der Waals surface area contributed by atoms with Crippen molar-refractivity contribution in [2.75, 3.05) is 0 Å². The van der Waals surface area contributed by atoms with Gasteiger partial charge < -0.3 is 24.8 Å². The molecule has 318 valence electrons. The molecule has 60 heavy (non-hydrogen) atoms. The Morgan fingerprint density at radius 1 is 0.483 bits per heavy atom. The summed E-state index contributed by atoms with van der Waals surface area (Å²) >= 11 is 0. The van der Waals surface area contributed by atoms with Gasteiger partial charge in [0.2, 0.25) is 0 Å². The van der Waals surface area contributed by atoms with E-state index < -0.39 is 0 Å². The van der Waals surface area contributed by atoms with E-state index in [-0.39, 0.29) is 56.4 Å². The zero-order valence-corrected chi connectivity index (χ0v) is 41.4. The van der Waals surface area contributed by atoms with Gasteiger partial charge in [-0.05, 0) is 255 Å². The summed E-state index contributed by atoms with van der Waals surface area (Å²) in [6.07, 6.45) is 32.9. The molecule has 0 aliphatic heterocycles. The Kier molecular flexibility index (Phi) is 9.95. The molecule has 0 nitrogen and oxygen atoms in total. The summed E-state index contributed by atoms with van der Waals surface area (Å²) in [5.74, 6) is 11.5. The summed E-state index contributed by atoms with van der Waals surface area (Å²) < 4.78 is 0. The van der Waals surface area contributed by atoms with Gasteiger partial charge in [0.1, 0.15) is 0 Å². The summed E-state index contributed by atoms with van der Waals surface area (Å²) in [6, 6.07) is 16.8. The van der Waals surface area contributed by atoms with Crippen LogP contribution in [0.4, 0.5) is 0 Å². The van der Waals surface area contributed by atoms with Crippen LogP contribution in [0.1, 0.15) is 184 Å². The van der Waals surface area contributed by atoms with Crippen LogP contribution >= 0.6 is 0 Å². The fourth-order valence-corrected chi connectivity index (χ4v) is 21.0. The minimum Gasteiger partial charge on any atom is -1.00 e. The zero-order chi connectivity index (χ0) is 37.8. The van der Waals surface area contributed by atoms with Crippen LogP contribution in [0.3, 0.4) is 0 Å². The predicted molar refractivity (Wildman–Crippen MR) is 234 cm³/mol. The Morgan fingerprint density at radius 3 is 1.20 bits per heavy atom. The van der Waals surface area contributed by atoms with E-state index >= 15 is 0 Å². The van der Waals surface area contributed by atoms with Gasteiger partial charge in [0, 0.05) is 11.3 Å². The van der Waals surface area contributed by atoms with Crippen molar-refractivity contribution in [3.63, 3.8) is 0 Å². The monoisotopic (exact) mass is 916 g/mol. The first-order chi connectivity index (χ1) is 27.6. The molecule has 0 radical (unpaired) electrons. The van der Waals surface area contributed by atoms with Crippen molar-refractivity contribution in [3.05, 3.63) is 81.4 Å². The normalized spacial score (nSPS) is 46.4. The molecule has 17 rings (SSSR count). The first-order valence-corrected chi connectivity index (χ1v) is 25.3. The largest absolute Gasteiger partial charge is 2.00 e. The van der Waals surface area contributed by atoms with E-state index in [1.54, 1.807) is 52.6 Å². The summed E-state index contributed by atoms with van der Waals surface area (Å²) in [5.41, 5.74) is 17.6. The molecule has 2 atom stereocenters. The first kappa shape index (κ1) is 42.0. The SMILES string of the molecule is CC(C)C1CC(C(C)C)(C2c3ccc(C45CC6CC(CC(C6)C4)C5)cc3-c3cc(C45CC6CC(CC(C6)C4)C5)ccc32)C2=C1CC(C13CC4CC(CC(C4)C1)C3)=C2.[Cl-].[Cl-].[Zr+2]. The average Bonchev–Trinajstić information content (AvgIpc) is 3.83. The molecule has 15 aliphatic rings. The number of hydrogen-bond acceptors (Lipinski definition) is 0. The van der Waals surface area contributed by atoms with Gasteiger partial charge in [-0.2, -0.15) is 0 Å². The van der Waals surface area contributed by atoms with Crippen LogP contribution in [0, 0.1) is 81.8 Å². The quantitative estimate of drug-likeness (QED) is 0.272. The molecular weight excluding hydrogens is 847 g/mol. The van der Waals surface area contributed by atoms with E-state index in [9.17, 15) is 0 Å². The van der Waals surface area contributed by atoms with E-state index in [2.05, 4.69) is 70.2 Å². The van der Waals surface area contributed by atoms with Crippen LogP contribution in [-0.4, -0.2) is 0 Å². The molecule has 0 heterocycles. The second-order valence-corrected chi connectivity index (χ2v) is 25.7. The van der Waals surface area contributed by atoms with Gasteiger partial charge in [0.15, 0.2) is 0 Å². The van der Waals surface area contributed by atoms with Crippen molar-refractivity contribution < 1.29 is 51.0 Å². The van der Waals surface area contributed by atoms with Gasteiger partial charge >= 0.3 is 26.2 Å². The molecule has 15 aliphatic carbocycles. The maximum Gasteiger partial charge on any atom is 2.00 e. The van der Waals surface area contributed by atoms with Crippen LogP contribution in [0.2, 0.25) is 0 Å². The molecule has 3 heteroatoms. The van der Waals surface area contributed by atoms with Crippen molar-refractivity contribution in [1.29, 1.82) is 0 Å². The van der Waals surface area contributed by atoms with E-state index in [4.69, 9.17) is 0 Å². The molecule has 0 amide bonds. The van der Waals surface area contributed by atoms with Crippen molar-refractivity contribution >= 4 is 0 Å². The van der Waals surface area contributed by atoms with Gasteiger partial charge in [-0.25, -0.2) is 0 Å². The maximum atomic E-state index is 2.98. The summed E-state index contributed by atoms with van der Waals surface area (Å²) in [6.45, 7) is 10.5. The Labute approximate surface area is 395 Å². The van der Waals surface area contributed by atoms with Gasteiger partial charge in [0.25, 0.3) is 0 Å². The predicted octanol–water partition coefficient (Wildman–Crippen LogP) is 8.90. The second-order valence-electron chi connectivity index (χ2n) is 25.7. The fourth-order valence-electron chi connectivity index (χ4n) is 21.0. The molecule has 12 bridgehead atoms. The Bertz CT molecular complexity index is 1950. The number of benzene rings is 2. The van der Waals surface area contributed by atoms with Gasteiger partial charge in [-0.3, -0.25) is 0 Å². The Morgan fingerprint density at radius 2 is 0.850 bits per heavy atom.